The Morgan fingerprint density at radius 1 is 1.29 bits per heavy atom. The first-order chi connectivity index (χ1) is 6.52. The lowest BCUT2D eigenvalue weighted by atomic mass is 10.1. The van der Waals surface area contributed by atoms with Gasteiger partial charge >= 0.3 is 0 Å². The van der Waals surface area contributed by atoms with Crippen LogP contribution in [0.25, 0.3) is 0 Å². The quantitative estimate of drug-likeness (QED) is 0.573. The summed E-state index contributed by atoms with van der Waals surface area (Å²) in [6.45, 7) is 0. The van der Waals surface area contributed by atoms with E-state index >= 15 is 0 Å². The fraction of sp³-hybridized carbons (Fsp3) is 0. The number of hydrogen-bond acceptors (Lipinski definition) is 2. The van der Waals surface area contributed by atoms with E-state index in [0.717, 1.165) is 6.07 Å². The Kier molecular flexibility index (Phi) is 1.88. The maximum atomic E-state index is 13.3. The van der Waals surface area contributed by atoms with Gasteiger partial charge in [0.15, 0.2) is 5.82 Å². The number of Topliss-reactive ketones (excluding diaryl/α,β-unsaturated/α-hetero) is 1. The molecule has 1 aliphatic heterocycles. The van der Waals surface area contributed by atoms with E-state index in [1.807, 2.05) is 0 Å². The van der Waals surface area contributed by atoms with Crippen LogP contribution < -0.4 is 5.32 Å². The number of anilines is 1. The zero-order valence-corrected chi connectivity index (χ0v) is 8.11. The third-order valence-corrected chi connectivity index (χ3v) is 2.57. The Morgan fingerprint density at radius 2 is 1.93 bits per heavy atom. The normalized spacial score (nSPS) is 14.2. The fourth-order valence-corrected chi connectivity index (χ4v) is 1.52. The van der Waals surface area contributed by atoms with E-state index in [1.165, 1.54) is 0 Å². The average molecular weight is 262 g/mol. The topological polar surface area (TPSA) is 46.2 Å². The van der Waals surface area contributed by atoms with Crippen molar-refractivity contribution < 1.29 is 18.4 Å². The van der Waals surface area contributed by atoms with Gasteiger partial charge in [-0.2, -0.15) is 0 Å². The molecule has 1 heterocycles. The van der Waals surface area contributed by atoms with E-state index in [-0.39, 0.29) is 5.69 Å². The maximum absolute atomic E-state index is 13.3. The molecule has 2 rings (SSSR count). The highest BCUT2D eigenvalue weighted by Crippen LogP contribution is 2.32. The van der Waals surface area contributed by atoms with Crippen LogP contribution in [0.15, 0.2) is 10.5 Å². The van der Waals surface area contributed by atoms with Crippen molar-refractivity contribution in [1.29, 1.82) is 0 Å². The third-order valence-electron chi connectivity index (χ3n) is 1.84. The highest BCUT2D eigenvalue weighted by atomic mass is 79.9. The molecular formula is C8H2BrF2NO2. The highest BCUT2D eigenvalue weighted by Gasteiger charge is 2.33. The standard InChI is InChI=1S/C8H2BrF2NO2/c9-5-2(10)1-3-4(6(5)11)7(13)8(14)12-3/h1H,(H,12,13,14). The van der Waals surface area contributed by atoms with Crippen LogP contribution in [0.4, 0.5) is 14.5 Å². The first-order valence-electron chi connectivity index (χ1n) is 3.55. The number of halogens is 3. The second-order valence-corrected chi connectivity index (χ2v) is 3.49. The maximum Gasteiger partial charge on any atom is 0.296 e. The number of benzene rings is 1. The van der Waals surface area contributed by atoms with Crippen LogP contribution in [0.2, 0.25) is 0 Å². The lowest BCUT2D eigenvalue weighted by molar-refractivity contribution is -0.112. The van der Waals surface area contributed by atoms with Crippen LogP contribution in [0, 0.1) is 11.6 Å². The van der Waals surface area contributed by atoms with Gasteiger partial charge in [-0.1, -0.05) is 0 Å². The summed E-state index contributed by atoms with van der Waals surface area (Å²) in [5.74, 6) is -3.85. The molecule has 6 heteroatoms. The van der Waals surface area contributed by atoms with Gasteiger partial charge in [0.1, 0.15) is 5.82 Å². The summed E-state index contributed by atoms with van der Waals surface area (Å²) in [7, 11) is 0. The van der Waals surface area contributed by atoms with Crippen LogP contribution in [0.5, 0.6) is 0 Å². The first kappa shape index (κ1) is 9.26. The van der Waals surface area contributed by atoms with Gasteiger partial charge in [-0.15, -0.1) is 0 Å². The van der Waals surface area contributed by atoms with Crippen molar-refractivity contribution in [3.8, 4) is 0 Å². The molecular weight excluding hydrogens is 260 g/mol. The molecule has 3 nitrogen and oxygen atoms in total. The molecule has 0 spiro atoms. The minimum absolute atomic E-state index is 0.127. The lowest BCUT2D eigenvalue weighted by Crippen LogP contribution is -2.13. The number of ketones is 1. The number of hydrogen-bond donors (Lipinski definition) is 1. The number of nitrogens with one attached hydrogen (secondary N) is 1. The van der Waals surface area contributed by atoms with Gasteiger partial charge in [-0.3, -0.25) is 9.59 Å². The number of amides is 1. The Morgan fingerprint density at radius 3 is 2.57 bits per heavy atom. The molecule has 1 amide bonds. The molecule has 1 aromatic rings. The molecule has 0 aliphatic carbocycles. The zero-order valence-electron chi connectivity index (χ0n) is 6.53. The SMILES string of the molecule is O=C1Nc2cc(F)c(Br)c(F)c2C1=O. The molecule has 0 fully saturated rings. The van der Waals surface area contributed by atoms with Crippen molar-refractivity contribution in [3.63, 3.8) is 0 Å². The smallest absolute Gasteiger partial charge is 0.296 e. The summed E-state index contributed by atoms with van der Waals surface area (Å²) in [5, 5.41) is 2.07. The molecule has 0 unspecified atom stereocenters. The monoisotopic (exact) mass is 261 g/mol. The van der Waals surface area contributed by atoms with E-state index in [4.69, 9.17) is 0 Å². The van der Waals surface area contributed by atoms with Crippen LogP contribution in [0.3, 0.4) is 0 Å². The van der Waals surface area contributed by atoms with Gasteiger partial charge in [-0.25, -0.2) is 8.78 Å². The molecule has 1 N–H and O–H groups in total. The largest absolute Gasteiger partial charge is 0.318 e. The van der Waals surface area contributed by atoms with E-state index in [0.29, 0.717) is 0 Å². The average Bonchev–Trinajstić information content (AvgIpc) is 2.39. The van der Waals surface area contributed by atoms with Gasteiger partial charge in [0.05, 0.1) is 15.7 Å². The van der Waals surface area contributed by atoms with E-state index in [2.05, 4.69) is 21.2 Å². The summed E-state index contributed by atoms with van der Waals surface area (Å²) in [5.41, 5.74) is -0.540. The first-order valence-corrected chi connectivity index (χ1v) is 4.35. The summed E-state index contributed by atoms with van der Waals surface area (Å²) in [6, 6.07) is 0.894. The Hall–Kier alpha value is -1.30. The molecule has 1 aromatic carbocycles. The Labute approximate surface area is 85.2 Å². The van der Waals surface area contributed by atoms with Gasteiger partial charge in [0.25, 0.3) is 11.7 Å². The van der Waals surface area contributed by atoms with E-state index in [1.54, 1.807) is 0 Å². The predicted molar refractivity (Wildman–Crippen MR) is 47.0 cm³/mol. The third kappa shape index (κ3) is 1.07. The summed E-state index contributed by atoms with van der Waals surface area (Å²) < 4.78 is 25.8. The molecule has 0 saturated heterocycles. The zero-order chi connectivity index (χ0) is 10.5. The Balaban J connectivity index is 2.77. The van der Waals surface area contributed by atoms with Crippen molar-refractivity contribution in [3.05, 3.63) is 27.7 Å². The van der Waals surface area contributed by atoms with Crippen molar-refractivity contribution >= 4 is 33.3 Å². The molecule has 0 aromatic heterocycles. The fourth-order valence-electron chi connectivity index (χ4n) is 1.21. The number of rotatable bonds is 0. The van der Waals surface area contributed by atoms with Gasteiger partial charge in [-0.05, 0) is 22.0 Å². The second kappa shape index (κ2) is 2.84. The molecule has 0 saturated carbocycles. The highest BCUT2D eigenvalue weighted by molar-refractivity contribution is 9.10. The summed E-state index contributed by atoms with van der Waals surface area (Å²) in [6.07, 6.45) is 0. The Bertz CT molecular complexity index is 473. The van der Waals surface area contributed by atoms with Gasteiger partial charge in [0.2, 0.25) is 0 Å². The van der Waals surface area contributed by atoms with Crippen LogP contribution in [-0.4, -0.2) is 11.7 Å². The van der Waals surface area contributed by atoms with Gasteiger partial charge in [0, 0.05) is 0 Å². The molecule has 0 radical (unpaired) electrons. The van der Waals surface area contributed by atoms with E-state index < -0.39 is 33.4 Å². The summed E-state index contributed by atoms with van der Waals surface area (Å²) in [4.78, 5) is 21.9. The van der Waals surface area contributed by atoms with Crippen LogP contribution in [0.1, 0.15) is 10.4 Å². The minimum atomic E-state index is -1.05. The molecule has 0 atom stereocenters. The predicted octanol–water partition coefficient (Wildman–Crippen LogP) is 1.86. The van der Waals surface area contributed by atoms with Gasteiger partial charge < -0.3 is 5.32 Å². The number of carbonyl (C=O) groups is 2. The molecule has 72 valence electrons. The van der Waals surface area contributed by atoms with Crippen molar-refractivity contribution in [2.45, 2.75) is 0 Å². The summed E-state index contributed by atoms with van der Waals surface area (Å²) >= 11 is 2.64. The second-order valence-electron chi connectivity index (χ2n) is 2.69. The van der Waals surface area contributed by atoms with E-state index in [9.17, 15) is 18.4 Å². The van der Waals surface area contributed by atoms with Crippen molar-refractivity contribution in [2.75, 3.05) is 5.32 Å². The van der Waals surface area contributed by atoms with Crippen molar-refractivity contribution in [1.82, 2.24) is 0 Å². The molecule has 0 bridgehead atoms. The van der Waals surface area contributed by atoms with Crippen LogP contribution in [-0.2, 0) is 4.79 Å². The molecule has 14 heavy (non-hydrogen) atoms. The lowest BCUT2D eigenvalue weighted by Gasteiger charge is -2.01. The minimum Gasteiger partial charge on any atom is -0.318 e. The van der Waals surface area contributed by atoms with Crippen molar-refractivity contribution in [2.24, 2.45) is 0 Å². The van der Waals surface area contributed by atoms with Crippen LogP contribution >= 0.6 is 15.9 Å². The molecule has 1 aliphatic rings. The number of carbonyl (C=O) groups excluding carboxylic acids is 2. The number of fused-ring (bicyclic) bond motifs is 1.